The van der Waals surface area contributed by atoms with Crippen molar-refractivity contribution >= 4 is 0 Å². The highest BCUT2D eigenvalue weighted by Gasteiger charge is 2.36. The van der Waals surface area contributed by atoms with Crippen molar-refractivity contribution in [3.8, 4) is 23.0 Å². The predicted octanol–water partition coefficient (Wildman–Crippen LogP) is 16.4. The lowest BCUT2D eigenvalue weighted by Gasteiger charge is -2.39. The Morgan fingerprint density at radius 3 is 1.43 bits per heavy atom. The first-order valence-electron chi connectivity index (χ1n) is 23.8. The Balaban J connectivity index is 1.41. The lowest BCUT2D eigenvalue weighted by molar-refractivity contribution is 0.0554. The van der Waals surface area contributed by atoms with Crippen LogP contribution in [-0.4, -0.2) is 21.4 Å². The van der Waals surface area contributed by atoms with Crippen LogP contribution in [0.2, 0.25) is 0 Å². The number of hydrogen-bond donors (Lipinski definition) is 2. The second-order valence-electron chi connectivity index (χ2n) is 20.0. The highest BCUT2D eigenvalue weighted by atomic mass is 16.5. The third-order valence-electron chi connectivity index (χ3n) is 13.5. The van der Waals surface area contributed by atoms with Crippen LogP contribution in [0, 0.1) is 20.8 Å². The van der Waals surface area contributed by atoms with E-state index in [1.165, 1.54) is 33.4 Å². The first-order chi connectivity index (χ1) is 28.8. The summed E-state index contributed by atoms with van der Waals surface area (Å²) in [4.78, 5) is 0. The molecule has 0 unspecified atom stereocenters. The van der Waals surface area contributed by atoms with E-state index >= 15 is 0 Å². The zero-order valence-corrected chi connectivity index (χ0v) is 41.0. The van der Waals surface area contributed by atoms with E-state index in [1.807, 2.05) is 19.9 Å². The minimum atomic E-state index is -0.283. The van der Waals surface area contributed by atoms with Gasteiger partial charge in [-0.1, -0.05) is 69.9 Å². The molecule has 2 aromatic carbocycles. The third-order valence-corrected chi connectivity index (χ3v) is 13.5. The summed E-state index contributed by atoms with van der Waals surface area (Å²) in [5.74, 6) is 2.61. The smallest absolute Gasteiger partial charge is 0.127 e. The number of fused-ring (bicyclic) bond motifs is 2. The maximum Gasteiger partial charge on any atom is 0.127 e. The van der Waals surface area contributed by atoms with Gasteiger partial charge in [0.15, 0.2) is 0 Å². The summed E-state index contributed by atoms with van der Waals surface area (Å²) >= 11 is 0. The topological polar surface area (TPSA) is 58.9 Å². The second-order valence-corrected chi connectivity index (χ2v) is 20.0. The average molecular weight is 833 g/mol. The van der Waals surface area contributed by atoms with Crippen molar-refractivity contribution < 1.29 is 19.7 Å². The normalized spacial score (nSPS) is 19.5. The minimum absolute atomic E-state index is 0.254. The summed E-state index contributed by atoms with van der Waals surface area (Å²) in [7, 11) is 0. The molecule has 0 saturated carbocycles. The molecule has 0 aromatic heterocycles. The molecule has 4 rings (SSSR count). The van der Waals surface area contributed by atoms with Crippen LogP contribution in [0.5, 0.6) is 23.0 Å². The molecule has 0 bridgehead atoms. The van der Waals surface area contributed by atoms with Gasteiger partial charge in [-0.15, -0.1) is 0 Å². The van der Waals surface area contributed by atoms with E-state index in [-0.39, 0.29) is 11.2 Å². The molecule has 0 saturated heterocycles. The van der Waals surface area contributed by atoms with Crippen molar-refractivity contribution in [3.63, 3.8) is 0 Å². The van der Waals surface area contributed by atoms with Gasteiger partial charge in [0.05, 0.1) is 0 Å². The van der Waals surface area contributed by atoms with Gasteiger partial charge in [0.2, 0.25) is 0 Å². The highest BCUT2D eigenvalue weighted by Crippen LogP contribution is 2.47. The Kier molecular flexibility index (Phi) is 18.7. The zero-order chi connectivity index (χ0) is 44.9. The van der Waals surface area contributed by atoms with Gasteiger partial charge in [0, 0.05) is 22.3 Å². The third kappa shape index (κ3) is 14.9. The quantitative estimate of drug-likeness (QED) is 0.123. The molecule has 336 valence electrons. The molecular weight excluding hydrogens is 749 g/mol. The zero-order valence-electron chi connectivity index (χ0n) is 41.0. The first kappa shape index (κ1) is 49.7. The average Bonchev–Trinajstić information content (AvgIpc) is 3.18. The van der Waals surface area contributed by atoms with Crippen molar-refractivity contribution in [3.05, 3.63) is 115 Å². The minimum Gasteiger partial charge on any atom is -0.508 e. The van der Waals surface area contributed by atoms with E-state index in [1.54, 1.807) is 0 Å². The highest BCUT2D eigenvalue weighted by molar-refractivity contribution is 5.60. The molecule has 2 heterocycles. The SMILES string of the molecule is CC(C)=CCC/C(C)=C/CC/C(C)=C/CC[C@]1(C)CCc2c(CCc3c(C)c(O)c(C)c4c3O[C@](C)(CC/C=C(\C)CC/C=C(\C)CCC=C(C)C)CC4)c(O)cc(C)c2O1. The molecule has 0 radical (unpaired) electrons. The Bertz CT molecular complexity index is 2010. The molecule has 0 amide bonds. The van der Waals surface area contributed by atoms with Gasteiger partial charge in [0.25, 0.3) is 0 Å². The first-order valence-corrected chi connectivity index (χ1v) is 23.8. The molecular formula is C57H84O4. The van der Waals surface area contributed by atoms with Crippen LogP contribution in [0.1, 0.15) is 198 Å². The van der Waals surface area contributed by atoms with Crippen LogP contribution in [0.4, 0.5) is 0 Å². The molecule has 2 N–H and O–H groups in total. The number of phenolic OH excluding ortho intramolecular Hbond substituents is 2. The fourth-order valence-electron chi connectivity index (χ4n) is 9.29. The molecule has 4 heteroatoms. The van der Waals surface area contributed by atoms with Crippen LogP contribution in [-0.2, 0) is 25.7 Å². The van der Waals surface area contributed by atoms with Crippen molar-refractivity contribution in [2.45, 2.75) is 217 Å². The summed E-state index contributed by atoms with van der Waals surface area (Å²) in [6.45, 7) is 28.3. The maximum atomic E-state index is 11.4. The number of allylic oxidation sites excluding steroid dienone is 12. The molecule has 0 aliphatic carbocycles. The number of hydrogen-bond acceptors (Lipinski definition) is 4. The van der Waals surface area contributed by atoms with Gasteiger partial charge in [-0.3, -0.25) is 0 Å². The number of aryl methyl sites for hydroxylation is 1. The summed E-state index contributed by atoms with van der Waals surface area (Å²) in [5.41, 5.74) is 15.2. The van der Waals surface area contributed by atoms with Gasteiger partial charge in [-0.25, -0.2) is 0 Å². The van der Waals surface area contributed by atoms with E-state index in [9.17, 15) is 10.2 Å². The Morgan fingerprint density at radius 2 is 0.951 bits per heavy atom. The van der Waals surface area contributed by atoms with Gasteiger partial charge in [-0.2, -0.15) is 0 Å². The number of benzene rings is 2. The van der Waals surface area contributed by atoms with Gasteiger partial charge >= 0.3 is 0 Å². The van der Waals surface area contributed by atoms with Crippen molar-refractivity contribution in [2.24, 2.45) is 0 Å². The van der Waals surface area contributed by atoms with E-state index in [2.05, 4.69) is 113 Å². The van der Waals surface area contributed by atoms with Gasteiger partial charge in [0.1, 0.15) is 34.2 Å². The van der Waals surface area contributed by atoms with Crippen LogP contribution in [0.15, 0.2) is 76.0 Å². The summed E-state index contributed by atoms with van der Waals surface area (Å²) < 4.78 is 14.0. The molecule has 4 nitrogen and oxygen atoms in total. The lowest BCUT2D eigenvalue weighted by Crippen LogP contribution is -2.37. The Morgan fingerprint density at radius 1 is 0.541 bits per heavy atom. The molecule has 0 fully saturated rings. The maximum absolute atomic E-state index is 11.4. The van der Waals surface area contributed by atoms with Crippen LogP contribution < -0.4 is 9.47 Å². The molecule has 2 atom stereocenters. The molecule has 61 heavy (non-hydrogen) atoms. The standard InChI is InChI=1S/C57H84O4/c1-39(2)20-14-22-41(5)24-16-26-43(7)28-18-34-56(12)37-33-51-50(52(58)38-45(9)54(51)60-56)31-30-48-46(10)53(59)47(11)49-32-36-57(13,61-55(48)49)35-19-29-44(8)27-17-25-42(6)23-15-21-40(3)4/h20-21,24-25,28-29,38,58-59H,14-19,22-23,26-27,30-37H2,1-13H3/b41-24+,42-25+,43-28+,44-29+/t56-,57-/m1/s1. The number of aromatic hydroxyl groups is 2. The largest absolute Gasteiger partial charge is 0.508 e. The fourth-order valence-corrected chi connectivity index (χ4v) is 9.29. The predicted molar refractivity (Wildman–Crippen MR) is 262 cm³/mol. The van der Waals surface area contributed by atoms with E-state index in [0.717, 1.165) is 153 Å². The number of rotatable bonds is 21. The van der Waals surface area contributed by atoms with E-state index in [0.29, 0.717) is 24.3 Å². The second kappa shape index (κ2) is 23.0. The van der Waals surface area contributed by atoms with Crippen LogP contribution >= 0.6 is 0 Å². The molecule has 2 aromatic rings. The van der Waals surface area contributed by atoms with E-state index < -0.39 is 0 Å². The molecule has 2 aliphatic rings. The lowest BCUT2D eigenvalue weighted by atomic mass is 9.82. The fraction of sp³-hybridized carbons (Fsp3) is 0.579. The van der Waals surface area contributed by atoms with Crippen molar-refractivity contribution in [1.29, 1.82) is 0 Å². The van der Waals surface area contributed by atoms with Crippen molar-refractivity contribution in [1.82, 2.24) is 0 Å². The molecule has 2 aliphatic heterocycles. The monoisotopic (exact) mass is 833 g/mol. The van der Waals surface area contributed by atoms with Gasteiger partial charge < -0.3 is 19.7 Å². The summed E-state index contributed by atoms with van der Waals surface area (Å²) in [6, 6.07) is 1.89. The van der Waals surface area contributed by atoms with E-state index in [4.69, 9.17) is 9.47 Å². The van der Waals surface area contributed by atoms with Crippen molar-refractivity contribution in [2.75, 3.05) is 0 Å². The Labute approximate surface area is 373 Å². The van der Waals surface area contributed by atoms with Crippen LogP contribution in [0.3, 0.4) is 0 Å². The van der Waals surface area contributed by atoms with Gasteiger partial charge in [-0.05, 0) is 228 Å². The number of ether oxygens (including phenoxy) is 2. The number of phenols is 2. The summed E-state index contributed by atoms with van der Waals surface area (Å²) in [5, 5.41) is 22.8. The Hall–Kier alpha value is -3.92. The summed E-state index contributed by atoms with van der Waals surface area (Å²) in [6.07, 6.45) is 32.0. The molecule has 0 spiro atoms. The van der Waals surface area contributed by atoms with Crippen LogP contribution in [0.25, 0.3) is 0 Å².